The van der Waals surface area contributed by atoms with Crippen molar-refractivity contribution in [1.29, 1.82) is 0 Å². The van der Waals surface area contributed by atoms with Crippen molar-refractivity contribution in [3.05, 3.63) is 47.5 Å². The fourth-order valence-corrected chi connectivity index (χ4v) is 2.10. The van der Waals surface area contributed by atoms with Crippen molar-refractivity contribution >= 4 is 0 Å². The van der Waals surface area contributed by atoms with Gasteiger partial charge in [0.15, 0.2) is 0 Å². The van der Waals surface area contributed by atoms with Gasteiger partial charge in [0.05, 0.1) is 18.7 Å². The summed E-state index contributed by atoms with van der Waals surface area (Å²) in [6.45, 7) is 0.870. The molecule has 0 bridgehead atoms. The van der Waals surface area contributed by atoms with E-state index in [2.05, 4.69) is 15.4 Å². The van der Waals surface area contributed by atoms with Crippen molar-refractivity contribution in [3.63, 3.8) is 0 Å². The summed E-state index contributed by atoms with van der Waals surface area (Å²) in [6, 6.07) is 5.84. The van der Waals surface area contributed by atoms with Crippen LogP contribution >= 0.6 is 0 Å². The van der Waals surface area contributed by atoms with Gasteiger partial charge in [0.1, 0.15) is 12.2 Å². The standard InChI is InChI=1S/C14H15F3N4/c15-14(16,17)11-3-1-2-10(6-11)8-21-13(19-9-20-21)7-18-12-4-5-12/h1-3,6,9,12,18H,4-5,7-8H2. The Kier molecular flexibility index (Phi) is 3.67. The molecule has 0 unspecified atom stereocenters. The molecule has 112 valence electrons. The van der Waals surface area contributed by atoms with E-state index in [1.807, 2.05) is 0 Å². The van der Waals surface area contributed by atoms with Gasteiger partial charge in [-0.05, 0) is 30.5 Å². The smallest absolute Gasteiger partial charge is 0.307 e. The zero-order chi connectivity index (χ0) is 14.9. The average molecular weight is 296 g/mol. The lowest BCUT2D eigenvalue weighted by molar-refractivity contribution is -0.137. The van der Waals surface area contributed by atoms with Gasteiger partial charge in [-0.25, -0.2) is 9.67 Å². The molecule has 1 heterocycles. The van der Waals surface area contributed by atoms with Gasteiger partial charge in [-0.1, -0.05) is 12.1 Å². The zero-order valence-corrected chi connectivity index (χ0v) is 11.3. The van der Waals surface area contributed by atoms with Gasteiger partial charge in [0.25, 0.3) is 0 Å². The van der Waals surface area contributed by atoms with E-state index < -0.39 is 11.7 Å². The van der Waals surface area contributed by atoms with Crippen molar-refractivity contribution in [2.75, 3.05) is 0 Å². The van der Waals surface area contributed by atoms with Gasteiger partial charge in [-0.2, -0.15) is 18.3 Å². The maximum Gasteiger partial charge on any atom is 0.416 e. The third-order valence-corrected chi connectivity index (χ3v) is 3.41. The third-order valence-electron chi connectivity index (χ3n) is 3.41. The van der Waals surface area contributed by atoms with Crippen LogP contribution in [0.2, 0.25) is 0 Å². The number of nitrogens with one attached hydrogen (secondary N) is 1. The Morgan fingerprint density at radius 2 is 2.10 bits per heavy atom. The monoisotopic (exact) mass is 296 g/mol. The molecule has 1 fully saturated rings. The largest absolute Gasteiger partial charge is 0.416 e. The molecule has 0 atom stereocenters. The molecule has 0 amide bonds. The second-order valence-corrected chi connectivity index (χ2v) is 5.19. The molecule has 1 aromatic carbocycles. The van der Waals surface area contributed by atoms with E-state index in [1.165, 1.54) is 25.2 Å². The number of alkyl halides is 3. The SMILES string of the molecule is FC(F)(F)c1cccc(Cn2ncnc2CNC2CC2)c1. The number of halogens is 3. The highest BCUT2D eigenvalue weighted by atomic mass is 19.4. The second kappa shape index (κ2) is 5.48. The Bertz CT molecular complexity index is 617. The van der Waals surface area contributed by atoms with Crippen LogP contribution in [0.4, 0.5) is 13.2 Å². The molecule has 4 nitrogen and oxygen atoms in total. The number of hydrogen-bond donors (Lipinski definition) is 1. The van der Waals surface area contributed by atoms with E-state index in [0.29, 0.717) is 18.2 Å². The van der Waals surface area contributed by atoms with Crippen LogP contribution in [0, 0.1) is 0 Å². The van der Waals surface area contributed by atoms with Crippen LogP contribution in [0.3, 0.4) is 0 Å². The first kappa shape index (κ1) is 14.1. The number of nitrogens with zero attached hydrogens (tertiary/aromatic N) is 3. The summed E-state index contributed by atoms with van der Waals surface area (Å²) in [4.78, 5) is 4.15. The average Bonchev–Trinajstić information content (AvgIpc) is 3.17. The van der Waals surface area contributed by atoms with E-state index in [-0.39, 0.29) is 6.54 Å². The van der Waals surface area contributed by atoms with Crippen molar-refractivity contribution in [3.8, 4) is 0 Å². The van der Waals surface area contributed by atoms with Crippen molar-refractivity contribution < 1.29 is 13.2 Å². The lowest BCUT2D eigenvalue weighted by Gasteiger charge is -2.10. The first-order chi connectivity index (χ1) is 10.0. The Morgan fingerprint density at radius 1 is 1.29 bits per heavy atom. The van der Waals surface area contributed by atoms with E-state index >= 15 is 0 Å². The topological polar surface area (TPSA) is 42.7 Å². The third kappa shape index (κ3) is 3.60. The molecule has 1 aliphatic rings. The number of aromatic nitrogens is 3. The molecular weight excluding hydrogens is 281 g/mol. The van der Waals surface area contributed by atoms with Crippen LogP contribution in [0.1, 0.15) is 29.8 Å². The highest BCUT2D eigenvalue weighted by Crippen LogP contribution is 2.29. The van der Waals surface area contributed by atoms with Crippen LogP contribution in [0.15, 0.2) is 30.6 Å². The summed E-state index contributed by atoms with van der Waals surface area (Å²) in [5, 5.41) is 7.40. The molecule has 0 aliphatic heterocycles. The highest BCUT2D eigenvalue weighted by molar-refractivity contribution is 5.25. The summed E-state index contributed by atoms with van der Waals surface area (Å²) in [7, 11) is 0. The molecule has 2 aromatic rings. The molecule has 1 N–H and O–H groups in total. The fourth-order valence-electron chi connectivity index (χ4n) is 2.10. The molecule has 3 rings (SSSR count). The van der Waals surface area contributed by atoms with Gasteiger partial charge in [-0.3, -0.25) is 0 Å². The van der Waals surface area contributed by atoms with Gasteiger partial charge in [0.2, 0.25) is 0 Å². The van der Waals surface area contributed by atoms with E-state index in [4.69, 9.17) is 0 Å². The molecule has 7 heteroatoms. The van der Waals surface area contributed by atoms with Crippen LogP contribution in [-0.2, 0) is 19.3 Å². The van der Waals surface area contributed by atoms with Gasteiger partial charge in [0, 0.05) is 6.04 Å². The summed E-state index contributed by atoms with van der Waals surface area (Å²) < 4.78 is 39.7. The molecule has 0 radical (unpaired) electrons. The van der Waals surface area contributed by atoms with Gasteiger partial charge >= 0.3 is 6.18 Å². The lowest BCUT2D eigenvalue weighted by atomic mass is 10.1. The molecule has 1 aromatic heterocycles. The first-order valence-electron chi connectivity index (χ1n) is 6.78. The van der Waals surface area contributed by atoms with Crippen LogP contribution in [0.5, 0.6) is 0 Å². The van der Waals surface area contributed by atoms with E-state index in [0.717, 1.165) is 18.0 Å². The molecular formula is C14H15F3N4. The molecule has 0 spiro atoms. The molecule has 1 aliphatic carbocycles. The molecule has 0 saturated heterocycles. The van der Waals surface area contributed by atoms with Gasteiger partial charge < -0.3 is 5.32 Å². The predicted octanol–water partition coefficient (Wildman–Crippen LogP) is 2.60. The number of rotatable bonds is 5. The van der Waals surface area contributed by atoms with E-state index in [9.17, 15) is 13.2 Å². The summed E-state index contributed by atoms with van der Waals surface area (Å²) in [6.07, 6.45) is -0.560. The minimum atomic E-state index is -4.32. The summed E-state index contributed by atoms with van der Waals surface area (Å²) in [5.41, 5.74) is -0.0826. The normalized spacial score (nSPS) is 15.4. The predicted molar refractivity (Wildman–Crippen MR) is 70.4 cm³/mol. The van der Waals surface area contributed by atoms with Crippen molar-refractivity contribution in [1.82, 2.24) is 20.1 Å². The lowest BCUT2D eigenvalue weighted by Crippen LogP contribution is -2.19. The molecule has 21 heavy (non-hydrogen) atoms. The second-order valence-electron chi connectivity index (χ2n) is 5.19. The minimum Gasteiger partial charge on any atom is -0.307 e. The Labute approximate surface area is 120 Å². The van der Waals surface area contributed by atoms with Gasteiger partial charge in [-0.15, -0.1) is 0 Å². The Hall–Kier alpha value is -1.89. The quantitative estimate of drug-likeness (QED) is 0.922. The zero-order valence-electron chi connectivity index (χ0n) is 11.3. The fraction of sp³-hybridized carbons (Fsp3) is 0.429. The van der Waals surface area contributed by atoms with Crippen LogP contribution in [-0.4, -0.2) is 20.8 Å². The Balaban J connectivity index is 1.72. The van der Waals surface area contributed by atoms with Crippen LogP contribution < -0.4 is 5.32 Å². The summed E-state index contributed by atoms with van der Waals surface area (Å²) in [5.74, 6) is 0.735. The van der Waals surface area contributed by atoms with E-state index in [1.54, 1.807) is 10.7 Å². The van der Waals surface area contributed by atoms with Crippen LogP contribution in [0.25, 0.3) is 0 Å². The maximum atomic E-state index is 12.7. The highest BCUT2D eigenvalue weighted by Gasteiger charge is 2.30. The summed E-state index contributed by atoms with van der Waals surface area (Å²) >= 11 is 0. The Morgan fingerprint density at radius 3 is 2.81 bits per heavy atom. The first-order valence-corrected chi connectivity index (χ1v) is 6.78. The minimum absolute atomic E-state index is 0.283. The van der Waals surface area contributed by atoms with Crippen molar-refractivity contribution in [2.45, 2.75) is 38.1 Å². The van der Waals surface area contributed by atoms with Crippen molar-refractivity contribution in [2.24, 2.45) is 0 Å². The number of benzene rings is 1. The maximum absolute atomic E-state index is 12.7. The number of hydrogen-bond acceptors (Lipinski definition) is 3. The molecule has 1 saturated carbocycles.